The maximum Gasteiger partial charge on any atom is 0.191 e. The molecule has 1 heterocycles. The predicted molar refractivity (Wildman–Crippen MR) is 105 cm³/mol. The second-order valence-electron chi connectivity index (χ2n) is 5.83. The number of hydrogen-bond acceptors (Lipinski definition) is 3. The van der Waals surface area contributed by atoms with E-state index in [2.05, 4.69) is 67.0 Å². The SMILES string of the molecule is CCNC(=NCc1sccc1C)NCCNC(C)(C)C.I. The lowest BCUT2D eigenvalue weighted by molar-refractivity contribution is 0.428. The third kappa shape index (κ3) is 9.31. The molecule has 122 valence electrons. The Bertz CT molecular complexity index is 424. The molecule has 3 N–H and O–H groups in total. The molecule has 0 radical (unpaired) electrons. The van der Waals surface area contributed by atoms with Crippen LogP contribution in [0.4, 0.5) is 0 Å². The lowest BCUT2D eigenvalue weighted by atomic mass is 10.1. The summed E-state index contributed by atoms with van der Waals surface area (Å²) in [5.41, 5.74) is 1.48. The molecular formula is C15H29IN4S. The lowest BCUT2D eigenvalue weighted by Crippen LogP contribution is -2.44. The van der Waals surface area contributed by atoms with Gasteiger partial charge in [-0.15, -0.1) is 35.3 Å². The summed E-state index contributed by atoms with van der Waals surface area (Å²) < 4.78 is 0. The predicted octanol–water partition coefficient (Wildman–Crippen LogP) is 3.12. The van der Waals surface area contributed by atoms with Gasteiger partial charge in [0.25, 0.3) is 0 Å². The summed E-state index contributed by atoms with van der Waals surface area (Å²) in [6, 6.07) is 2.14. The smallest absolute Gasteiger partial charge is 0.191 e. The second-order valence-corrected chi connectivity index (χ2v) is 6.83. The van der Waals surface area contributed by atoms with Crippen LogP contribution >= 0.6 is 35.3 Å². The first-order valence-corrected chi connectivity index (χ1v) is 8.10. The Kier molecular flexibility index (Phi) is 10.2. The molecule has 0 atom stereocenters. The Hall–Kier alpha value is -0.340. The highest BCUT2D eigenvalue weighted by atomic mass is 127. The number of halogens is 1. The van der Waals surface area contributed by atoms with E-state index in [1.54, 1.807) is 11.3 Å². The van der Waals surface area contributed by atoms with Crippen LogP contribution in [0.1, 0.15) is 38.1 Å². The van der Waals surface area contributed by atoms with Gasteiger partial charge in [0.1, 0.15) is 0 Å². The molecule has 0 amide bonds. The Labute approximate surface area is 150 Å². The number of aliphatic imine (C=N–C) groups is 1. The summed E-state index contributed by atoms with van der Waals surface area (Å²) >= 11 is 1.77. The van der Waals surface area contributed by atoms with Crippen LogP contribution in [0.5, 0.6) is 0 Å². The topological polar surface area (TPSA) is 48.5 Å². The Morgan fingerprint density at radius 1 is 1.24 bits per heavy atom. The van der Waals surface area contributed by atoms with Crippen molar-refractivity contribution in [3.63, 3.8) is 0 Å². The van der Waals surface area contributed by atoms with Gasteiger partial charge in [-0.1, -0.05) is 0 Å². The fraction of sp³-hybridized carbons (Fsp3) is 0.667. The minimum absolute atomic E-state index is 0. The van der Waals surface area contributed by atoms with Gasteiger partial charge in [0.15, 0.2) is 5.96 Å². The first kappa shape index (κ1) is 20.7. The molecule has 0 aliphatic rings. The molecule has 0 aliphatic heterocycles. The Morgan fingerprint density at radius 2 is 1.95 bits per heavy atom. The van der Waals surface area contributed by atoms with E-state index in [0.29, 0.717) is 0 Å². The highest BCUT2D eigenvalue weighted by molar-refractivity contribution is 14.0. The number of aryl methyl sites for hydroxylation is 1. The second kappa shape index (κ2) is 10.4. The third-order valence-corrected chi connectivity index (χ3v) is 3.77. The molecule has 4 nitrogen and oxygen atoms in total. The van der Waals surface area contributed by atoms with Crippen LogP contribution in [0, 0.1) is 6.92 Å². The molecular weight excluding hydrogens is 395 g/mol. The minimum atomic E-state index is 0. The van der Waals surface area contributed by atoms with Gasteiger partial charge in [0.05, 0.1) is 6.54 Å². The van der Waals surface area contributed by atoms with Gasteiger partial charge in [-0.3, -0.25) is 0 Å². The fourth-order valence-electron chi connectivity index (χ4n) is 1.68. The number of hydrogen-bond donors (Lipinski definition) is 3. The third-order valence-electron chi connectivity index (χ3n) is 2.77. The van der Waals surface area contributed by atoms with E-state index in [1.165, 1.54) is 10.4 Å². The first-order chi connectivity index (χ1) is 9.42. The van der Waals surface area contributed by atoms with Crippen molar-refractivity contribution >= 4 is 41.3 Å². The van der Waals surface area contributed by atoms with Crippen molar-refractivity contribution in [2.75, 3.05) is 19.6 Å². The summed E-state index contributed by atoms with van der Waals surface area (Å²) in [6.07, 6.45) is 0. The number of thiophene rings is 1. The number of nitrogens with zero attached hydrogens (tertiary/aromatic N) is 1. The molecule has 1 rings (SSSR count). The Morgan fingerprint density at radius 3 is 2.48 bits per heavy atom. The summed E-state index contributed by atoms with van der Waals surface area (Å²) in [6.45, 7) is 14.1. The average Bonchev–Trinajstić information content (AvgIpc) is 2.76. The van der Waals surface area contributed by atoms with Crippen molar-refractivity contribution < 1.29 is 0 Å². The quantitative estimate of drug-likeness (QED) is 0.285. The normalized spacial score (nSPS) is 12.0. The maximum atomic E-state index is 4.63. The minimum Gasteiger partial charge on any atom is -0.357 e. The van der Waals surface area contributed by atoms with Gasteiger partial charge in [0.2, 0.25) is 0 Å². The number of nitrogens with one attached hydrogen (secondary N) is 3. The van der Waals surface area contributed by atoms with Crippen molar-refractivity contribution in [3.8, 4) is 0 Å². The van der Waals surface area contributed by atoms with Crippen molar-refractivity contribution in [2.24, 2.45) is 4.99 Å². The molecule has 0 unspecified atom stereocenters. The van der Waals surface area contributed by atoms with Crippen molar-refractivity contribution in [3.05, 3.63) is 21.9 Å². The first-order valence-electron chi connectivity index (χ1n) is 7.22. The average molecular weight is 424 g/mol. The zero-order valence-corrected chi connectivity index (χ0v) is 16.9. The highest BCUT2D eigenvalue weighted by Gasteiger charge is 2.07. The summed E-state index contributed by atoms with van der Waals surface area (Å²) in [5.74, 6) is 0.885. The van der Waals surface area contributed by atoms with E-state index < -0.39 is 0 Å². The van der Waals surface area contributed by atoms with E-state index in [1.807, 2.05) is 0 Å². The van der Waals surface area contributed by atoms with Crippen LogP contribution in [0.2, 0.25) is 0 Å². The molecule has 21 heavy (non-hydrogen) atoms. The van der Waals surface area contributed by atoms with Crippen molar-refractivity contribution in [1.29, 1.82) is 0 Å². The molecule has 0 spiro atoms. The van der Waals surface area contributed by atoms with Gasteiger partial charge < -0.3 is 16.0 Å². The van der Waals surface area contributed by atoms with Gasteiger partial charge >= 0.3 is 0 Å². The van der Waals surface area contributed by atoms with E-state index >= 15 is 0 Å². The molecule has 0 aliphatic carbocycles. The molecule has 0 saturated carbocycles. The fourth-order valence-corrected chi connectivity index (χ4v) is 2.51. The zero-order chi connectivity index (χ0) is 15.0. The zero-order valence-electron chi connectivity index (χ0n) is 13.7. The van der Waals surface area contributed by atoms with Gasteiger partial charge in [0, 0.05) is 30.1 Å². The van der Waals surface area contributed by atoms with E-state index in [-0.39, 0.29) is 29.5 Å². The van der Waals surface area contributed by atoms with Crippen molar-refractivity contribution in [2.45, 2.75) is 46.7 Å². The van der Waals surface area contributed by atoms with Crippen LogP contribution in [0.15, 0.2) is 16.4 Å². The van der Waals surface area contributed by atoms with Crippen LogP contribution in [-0.2, 0) is 6.54 Å². The molecule has 0 saturated heterocycles. The van der Waals surface area contributed by atoms with Crippen LogP contribution in [0.3, 0.4) is 0 Å². The lowest BCUT2D eigenvalue weighted by Gasteiger charge is -2.21. The van der Waals surface area contributed by atoms with Gasteiger partial charge in [-0.05, 0) is 51.6 Å². The highest BCUT2D eigenvalue weighted by Crippen LogP contribution is 2.16. The van der Waals surface area contributed by atoms with E-state index in [4.69, 9.17) is 0 Å². The van der Waals surface area contributed by atoms with E-state index in [0.717, 1.165) is 32.1 Å². The Balaban J connectivity index is 0.00000400. The van der Waals surface area contributed by atoms with Crippen molar-refractivity contribution in [1.82, 2.24) is 16.0 Å². The number of rotatable bonds is 6. The molecule has 0 bridgehead atoms. The van der Waals surface area contributed by atoms with Crippen LogP contribution in [-0.4, -0.2) is 31.1 Å². The molecule has 1 aromatic rings. The monoisotopic (exact) mass is 424 g/mol. The van der Waals surface area contributed by atoms with E-state index in [9.17, 15) is 0 Å². The van der Waals surface area contributed by atoms with Crippen LogP contribution < -0.4 is 16.0 Å². The maximum absolute atomic E-state index is 4.63. The summed E-state index contributed by atoms with van der Waals surface area (Å²) in [7, 11) is 0. The largest absolute Gasteiger partial charge is 0.357 e. The van der Waals surface area contributed by atoms with Gasteiger partial charge in [-0.25, -0.2) is 4.99 Å². The summed E-state index contributed by atoms with van der Waals surface area (Å²) in [5, 5.41) is 12.2. The molecule has 0 aromatic carbocycles. The number of guanidine groups is 1. The van der Waals surface area contributed by atoms with Gasteiger partial charge in [-0.2, -0.15) is 0 Å². The standard InChI is InChI=1S/C15H28N4S.HI/c1-6-16-14(17-8-9-19-15(3,4)5)18-11-13-12(2)7-10-20-13;/h7,10,19H,6,8-9,11H2,1-5H3,(H2,16,17,18);1H. The van der Waals surface area contributed by atoms with Crippen LogP contribution in [0.25, 0.3) is 0 Å². The molecule has 6 heteroatoms. The molecule has 0 fully saturated rings. The summed E-state index contributed by atoms with van der Waals surface area (Å²) in [4.78, 5) is 5.96. The molecule has 1 aromatic heterocycles.